The third kappa shape index (κ3) is 7.98. The molecule has 0 saturated carbocycles. The quantitative estimate of drug-likeness (QED) is 0.183. The molecule has 3 heterocycles. The highest BCUT2D eigenvalue weighted by Gasteiger charge is 2.60. The molecule has 2 atom stereocenters. The van der Waals surface area contributed by atoms with Gasteiger partial charge < -0.3 is 15.0 Å². The first kappa shape index (κ1) is 39.6. The van der Waals surface area contributed by atoms with Crippen LogP contribution in [-0.2, 0) is 27.8 Å². The Bertz CT molecular complexity index is 2020. The van der Waals surface area contributed by atoms with E-state index in [1.54, 1.807) is 6.20 Å². The molecule has 4 aromatic rings. The lowest BCUT2D eigenvalue weighted by atomic mass is 9.71. The lowest BCUT2D eigenvalue weighted by molar-refractivity contribution is -0.122. The standard InChI is InChI=1S/C43H48Cl3N5O3/c1-7-54-36-25-37(41(2,3)4)47-27-35(36)39-49-42(5,30-11-15-32(44)16-12-30)43(6,31-13-17-33(45)18-14-31)51(39)40(53)50-21-19-28(20-22-50)24-38(52)48-26-29-9-8-10-34(46)23-29/h8-18,23,25,27-28H,7,19-22,24,26H2,1-6H3,(H,48,52)/t42-,43+/m0/s1. The summed E-state index contributed by atoms with van der Waals surface area (Å²) in [6, 6.07) is 24.5. The summed E-state index contributed by atoms with van der Waals surface area (Å²) in [4.78, 5) is 42.4. The molecule has 284 valence electrons. The van der Waals surface area contributed by atoms with Gasteiger partial charge in [-0.15, -0.1) is 0 Å². The maximum atomic E-state index is 15.3. The molecule has 0 spiro atoms. The number of carbonyl (C=O) groups excluding carboxylic acids is 2. The molecule has 1 fully saturated rings. The number of carbonyl (C=O) groups is 2. The van der Waals surface area contributed by atoms with Crippen LogP contribution in [-0.4, -0.2) is 52.3 Å². The first-order chi connectivity index (χ1) is 25.6. The summed E-state index contributed by atoms with van der Waals surface area (Å²) in [7, 11) is 0. The van der Waals surface area contributed by atoms with Crippen LogP contribution in [0.3, 0.4) is 0 Å². The number of amidine groups is 1. The number of pyridine rings is 1. The Balaban J connectivity index is 1.37. The lowest BCUT2D eigenvalue weighted by Gasteiger charge is -2.47. The van der Waals surface area contributed by atoms with Crippen LogP contribution in [0.2, 0.25) is 15.1 Å². The van der Waals surface area contributed by atoms with Crippen molar-refractivity contribution in [2.45, 2.75) is 83.8 Å². The highest BCUT2D eigenvalue weighted by molar-refractivity contribution is 6.31. The van der Waals surface area contributed by atoms with Crippen molar-refractivity contribution in [2.75, 3.05) is 19.7 Å². The number of aliphatic imine (C=N–C) groups is 1. The second-order valence-electron chi connectivity index (χ2n) is 15.5. The fourth-order valence-corrected chi connectivity index (χ4v) is 7.97. The van der Waals surface area contributed by atoms with Gasteiger partial charge in [0.1, 0.15) is 22.7 Å². The van der Waals surface area contributed by atoms with E-state index in [1.165, 1.54) is 0 Å². The molecule has 1 N–H and O–H groups in total. The molecular formula is C43H48Cl3N5O3. The van der Waals surface area contributed by atoms with Gasteiger partial charge in [-0.3, -0.25) is 19.7 Å². The van der Waals surface area contributed by atoms with Crippen LogP contribution < -0.4 is 10.1 Å². The monoisotopic (exact) mass is 787 g/mol. The fourth-order valence-electron chi connectivity index (χ4n) is 7.51. The second kappa shape index (κ2) is 15.9. The maximum absolute atomic E-state index is 15.3. The predicted octanol–water partition coefficient (Wildman–Crippen LogP) is 10.2. The van der Waals surface area contributed by atoms with Crippen LogP contribution >= 0.6 is 34.8 Å². The largest absolute Gasteiger partial charge is 0.493 e. The van der Waals surface area contributed by atoms with Crippen molar-refractivity contribution >= 4 is 52.6 Å². The number of nitrogens with one attached hydrogen (secondary N) is 1. The number of piperidine rings is 1. The van der Waals surface area contributed by atoms with Crippen LogP contribution in [0.1, 0.15) is 88.8 Å². The molecule has 0 unspecified atom stereocenters. The number of urea groups is 1. The molecular weight excluding hydrogens is 741 g/mol. The van der Waals surface area contributed by atoms with E-state index in [2.05, 4.69) is 39.9 Å². The summed E-state index contributed by atoms with van der Waals surface area (Å²) >= 11 is 19.0. The zero-order valence-electron chi connectivity index (χ0n) is 31.8. The van der Waals surface area contributed by atoms with Gasteiger partial charge in [-0.25, -0.2) is 4.79 Å². The number of rotatable bonds is 9. The molecule has 0 aliphatic carbocycles. The van der Waals surface area contributed by atoms with Gasteiger partial charge in [0.05, 0.1) is 12.2 Å². The average Bonchev–Trinajstić information content (AvgIpc) is 3.38. The number of aromatic nitrogens is 1. The van der Waals surface area contributed by atoms with Gasteiger partial charge in [0.15, 0.2) is 0 Å². The normalized spacial score (nSPS) is 20.5. The number of benzene rings is 3. The molecule has 54 heavy (non-hydrogen) atoms. The van der Waals surface area contributed by atoms with Crippen LogP contribution in [0.5, 0.6) is 5.75 Å². The smallest absolute Gasteiger partial charge is 0.326 e. The highest BCUT2D eigenvalue weighted by Crippen LogP contribution is 2.54. The average molecular weight is 789 g/mol. The molecule has 1 saturated heterocycles. The maximum Gasteiger partial charge on any atom is 0.326 e. The number of halogens is 3. The molecule has 3 amide bonds. The van der Waals surface area contributed by atoms with Crippen LogP contribution in [0, 0.1) is 5.92 Å². The van der Waals surface area contributed by atoms with Gasteiger partial charge >= 0.3 is 6.03 Å². The molecule has 2 aliphatic heterocycles. The Morgan fingerprint density at radius 1 is 0.889 bits per heavy atom. The van der Waals surface area contributed by atoms with Crippen molar-refractivity contribution in [1.82, 2.24) is 20.1 Å². The number of nitrogens with zero attached hydrogens (tertiary/aromatic N) is 4. The minimum absolute atomic E-state index is 0.0163. The Labute approximate surface area is 333 Å². The van der Waals surface area contributed by atoms with E-state index in [0.29, 0.717) is 77.7 Å². The van der Waals surface area contributed by atoms with Gasteiger partial charge in [-0.1, -0.05) is 92.0 Å². The molecule has 0 bridgehead atoms. The van der Waals surface area contributed by atoms with Crippen molar-refractivity contribution < 1.29 is 14.3 Å². The molecule has 0 radical (unpaired) electrons. The summed E-state index contributed by atoms with van der Waals surface area (Å²) in [5, 5.41) is 4.86. The Kier molecular flexibility index (Phi) is 11.7. The van der Waals surface area contributed by atoms with E-state index in [1.807, 2.05) is 95.6 Å². The Morgan fingerprint density at radius 2 is 1.52 bits per heavy atom. The topological polar surface area (TPSA) is 87.1 Å². The minimum atomic E-state index is -1.04. The lowest BCUT2D eigenvalue weighted by Crippen LogP contribution is -2.59. The number of hydrogen-bond acceptors (Lipinski definition) is 5. The van der Waals surface area contributed by atoms with Crippen molar-refractivity contribution in [2.24, 2.45) is 10.9 Å². The van der Waals surface area contributed by atoms with Gasteiger partial charge in [0.25, 0.3) is 0 Å². The number of hydrogen-bond donors (Lipinski definition) is 1. The molecule has 2 aliphatic rings. The summed E-state index contributed by atoms with van der Waals surface area (Å²) in [5.41, 5.74) is 1.93. The SMILES string of the molecule is CCOc1cc(C(C)(C)C)ncc1C1=N[C@@](C)(c2ccc(Cl)cc2)[C@@](C)(c2ccc(Cl)cc2)N1C(=O)N1CCC(CC(=O)NCc2cccc(Cl)c2)CC1. The van der Waals surface area contributed by atoms with Gasteiger partial charge in [-0.2, -0.15) is 0 Å². The molecule has 6 rings (SSSR count). The van der Waals surface area contributed by atoms with Crippen molar-refractivity contribution in [3.05, 3.63) is 128 Å². The summed E-state index contributed by atoms with van der Waals surface area (Å²) in [6.45, 7) is 14.2. The molecule has 1 aromatic heterocycles. The zero-order valence-corrected chi connectivity index (χ0v) is 34.0. The van der Waals surface area contributed by atoms with Gasteiger partial charge in [-0.05, 0) is 92.6 Å². The van der Waals surface area contributed by atoms with Crippen molar-refractivity contribution in [1.29, 1.82) is 0 Å². The molecule has 11 heteroatoms. The Morgan fingerprint density at radius 3 is 2.11 bits per heavy atom. The van der Waals surface area contributed by atoms with Crippen molar-refractivity contribution in [3.63, 3.8) is 0 Å². The number of amides is 3. The first-order valence-corrected chi connectivity index (χ1v) is 19.6. The van der Waals surface area contributed by atoms with E-state index >= 15 is 4.79 Å². The van der Waals surface area contributed by atoms with E-state index in [-0.39, 0.29) is 23.3 Å². The van der Waals surface area contributed by atoms with E-state index in [9.17, 15) is 4.79 Å². The van der Waals surface area contributed by atoms with Crippen molar-refractivity contribution in [3.8, 4) is 5.75 Å². The first-order valence-electron chi connectivity index (χ1n) is 18.5. The zero-order chi connectivity index (χ0) is 38.8. The summed E-state index contributed by atoms with van der Waals surface area (Å²) in [5.74, 6) is 1.20. The van der Waals surface area contributed by atoms with Crippen LogP contribution in [0.4, 0.5) is 4.79 Å². The summed E-state index contributed by atoms with van der Waals surface area (Å²) in [6.07, 6.45) is 3.55. The highest BCUT2D eigenvalue weighted by atomic mass is 35.5. The van der Waals surface area contributed by atoms with E-state index < -0.39 is 11.1 Å². The predicted molar refractivity (Wildman–Crippen MR) is 218 cm³/mol. The van der Waals surface area contributed by atoms with Gasteiger partial charge in [0.2, 0.25) is 5.91 Å². The molecule has 3 aromatic carbocycles. The van der Waals surface area contributed by atoms with Crippen LogP contribution in [0.15, 0.2) is 90.1 Å². The molecule has 8 nitrogen and oxygen atoms in total. The second-order valence-corrected chi connectivity index (χ2v) is 16.8. The Hall–Kier alpha value is -4.11. The van der Waals surface area contributed by atoms with E-state index in [4.69, 9.17) is 49.5 Å². The number of ether oxygens (including phenoxy) is 1. The number of likely N-dealkylation sites (tertiary alicyclic amines) is 1. The van der Waals surface area contributed by atoms with Gasteiger partial charge in [0, 0.05) is 64.5 Å². The minimum Gasteiger partial charge on any atom is -0.493 e. The van der Waals surface area contributed by atoms with Crippen LogP contribution in [0.25, 0.3) is 0 Å². The third-order valence-electron chi connectivity index (χ3n) is 10.9. The summed E-state index contributed by atoms with van der Waals surface area (Å²) < 4.78 is 6.29. The third-order valence-corrected chi connectivity index (χ3v) is 11.6. The van der Waals surface area contributed by atoms with E-state index in [0.717, 1.165) is 22.4 Å². The fraction of sp³-hybridized carbons (Fsp3) is 0.395.